The summed E-state index contributed by atoms with van der Waals surface area (Å²) in [5, 5.41) is 3.14. The fourth-order valence-electron chi connectivity index (χ4n) is 3.14. The molecule has 0 aromatic heterocycles. The highest BCUT2D eigenvalue weighted by Crippen LogP contribution is 2.31. The van der Waals surface area contributed by atoms with Gasteiger partial charge in [-0.25, -0.2) is 4.79 Å². The van der Waals surface area contributed by atoms with E-state index in [4.69, 9.17) is 9.47 Å². The van der Waals surface area contributed by atoms with E-state index in [0.717, 1.165) is 30.7 Å². The van der Waals surface area contributed by atoms with E-state index in [9.17, 15) is 4.79 Å². The lowest BCUT2D eigenvalue weighted by Gasteiger charge is -2.28. The van der Waals surface area contributed by atoms with Crippen LogP contribution in [-0.4, -0.2) is 42.8 Å². The van der Waals surface area contributed by atoms with Gasteiger partial charge in [0, 0.05) is 25.1 Å². The molecule has 3 rings (SSSR count). The van der Waals surface area contributed by atoms with E-state index >= 15 is 0 Å². The summed E-state index contributed by atoms with van der Waals surface area (Å²) in [6, 6.07) is 7.94. The fourth-order valence-corrected chi connectivity index (χ4v) is 3.14. The number of ether oxygens (including phenoxy) is 2. The molecule has 22 heavy (non-hydrogen) atoms. The van der Waals surface area contributed by atoms with Crippen molar-refractivity contribution in [1.29, 1.82) is 0 Å². The van der Waals surface area contributed by atoms with Gasteiger partial charge in [-0.1, -0.05) is 18.2 Å². The number of rotatable bonds is 3. The van der Waals surface area contributed by atoms with Crippen molar-refractivity contribution in [2.45, 2.75) is 44.9 Å². The maximum Gasteiger partial charge on any atom is 0.317 e. The van der Waals surface area contributed by atoms with Crippen LogP contribution in [0.3, 0.4) is 0 Å². The first-order valence-corrected chi connectivity index (χ1v) is 8.06. The van der Waals surface area contributed by atoms with Crippen LogP contribution in [-0.2, 0) is 4.74 Å². The second-order valence-corrected chi connectivity index (χ2v) is 6.22. The third-order valence-electron chi connectivity index (χ3n) is 4.15. The number of likely N-dealkylation sites (tertiary alicyclic amines) is 1. The van der Waals surface area contributed by atoms with E-state index in [1.165, 1.54) is 0 Å². The molecule has 0 radical (unpaired) electrons. The van der Waals surface area contributed by atoms with Crippen LogP contribution >= 0.6 is 0 Å². The van der Waals surface area contributed by atoms with Crippen LogP contribution < -0.4 is 10.1 Å². The zero-order valence-corrected chi connectivity index (χ0v) is 13.2. The van der Waals surface area contributed by atoms with Crippen LogP contribution in [0.15, 0.2) is 24.3 Å². The summed E-state index contributed by atoms with van der Waals surface area (Å²) in [6.07, 6.45) is 2.08. The first-order valence-electron chi connectivity index (χ1n) is 8.06. The molecule has 120 valence electrons. The first kappa shape index (κ1) is 15.2. The first-order chi connectivity index (χ1) is 10.6. The van der Waals surface area contributed by atoms with Crippen LogP contribution in [0.25, 0.3) is 0 Å². The monoisotopic (exact) mass is 304 g/mol. The molecule has 2 heterocycles. The highest BCUT2D eigenvalue weighted by molar-refractivity contribution is 5.75. The molecular formula is C17H24N2O3. The number of hydrogen-bond donors (Lipinski definition) is 1. The second-order valence-electron chi connectivity index (χ2n) is 6.22. The SMILES string of the molecule is CC(C)O[C@@H]1CCN(C(=O)NC2CCOc3ccccc32)C1. The molecule has 0 aliphatic carbocycles. The van der Waals surface area contributed by atoms with Gasteiger partial charge in [-0.15, -0.1) is 0 Å². The molecule has 1 N–H and O–H groups in total. The Kier molecular flexibility index (Phi) is 4.52. The molecule has 1 unspecified atom stereocenters. The van der Waals surface area contributed by atoms with Crippen molar-refractivity contribution in [2.75, 3.05) is 19.7 Å². The van der Waals surface area contributed by atoms with Crippen molar-refractivity contribution in [1.82, 2.24) is 10.2 Å². The molecule has 2 atom stereocenters. The molecule has 2 amide bonds. The second kappa shape index (κ2) is 6.57. The van der Waals surface area contributed by atoms with E-state index in [0.29, 0.717) is 13.2 Å². The van der Waals surface area contributed by atoms with Crippen LogP contribution in [0.1, 0.15) is 38.3 Å². The van der Waals surface area contributed by atoms with Gasteiger partial charge in [0.15, 0.2) is 0 Å². The number of urea groups is 1. The van der Waals surface area contributed by atoms with Crippen molar-refractivity contribution in [3.05, 3.63) is 29.8 Å². The molecule has 2 aliphatic heterocycles. The molecule has 0 saturated carbocycles. The van der Waals surface area contributed by atoms with Crippen molar-refractivity contribution < 1.29 is 14.3 Å². The van der Waals surface area contributed by atoms with Crippen molar-refractivity contribution in [2.24, 2.45) is 0 Å². The smallest absolute Gasteiger partial charge is 0.317 e. The third kappa shape index (κ3) is 3.35. The summed E-state index contributed by atoms with van der Waals surface area (Å²) in [4.78, 5) is 14.3. The van der Waals surface area contributed by atoms with Gasteiger partial charge in [-0.3, -0.25) is 0 Å². The predicted octanol–water partition coefficient (Wildman–Crippen LogP) is 2.72. The minimum absolute atomic E-state index is 0.00319. The zero-order valence-electron chi connectivity index (χ0n) is 13.2. The third-order valence-corrected chi connectivity index (χ3v) is 4.15. The maximum absolute atomic E-state index is 12.5. The number of carbonyl (C=O) groups excluding carboxylic acids is 1. The van der Waals surface area contributed by atoms with Gasteiger partial charge in [0.05, 0.1) is 24.9 Å². The van der Waals surface area contributed by atoms with Gasteiger partial charge in [0.1, 0.15) is 5.75 Å². The number of para-hydroxylation sites is 1. The van der Waals surface area contributed by atoms with E-state index in [-0.39, 0.29) is 24.3 Å². The van der Waals surface area contributed by atoms with E-state index in [2.05, 4.69) is 5.32 Å². The summed E-state index contributed by atoms with van der Waals surface area (Å²) in [5.41, 5.74) is 1.07. The van der Waals surface area contributed by atoms with Crippen molar-refractivity contribution >= 4 is 6.03 Å². The van der Waals surface area contributed by atoms with Gasteiger partial charge in [0.2, 0.25) is 0 Å². The van der Waals surface area contributed by atoms with Gasteiger partial charge >= 0.3 is 6.03 Å². The summed E-state index contributed by atoms with van der Waals surface area (Å²) < 4.78 is 11.4. The molecule has 2 aliphatic rings. The summed E-state index contributed by atoms with van der Waals surface area (Å²) in [5.74, 6) is 0.876. The van der Waals surface area contributed by atoms with Crippen LogP contribution in [0.2, 0.25) is 0 Å². The lowest BCUT2D eigenvalue weighted by atomic mass is 10.0. The van der Waals surface area contributed by atoms with E-state index in [1.807, 2.05) is 43.0 Å². The molecule has 1 fully saturated rings. The molecule has 1 saturated heterocycles. The predicted molar refractivity (Wildman–Crippen MR) is 84.0 cm³/mol. The number of benzene rings is 1. The number of carbonyl (C=O) groups is 1. The highest BCUT2D eigenvalue weighted by atomic mass is 16.5. The Morgan fingerprint density at radius 1 is 1.36 bits per heavy atom. The number of nitrogens with zero attached hydrogens (tertiary/aromatic N) is 1. The fraction of sp³-hybridized carbons (Fsp3) is 0.588. The lowest BCUT2D eigenvalue weighted by molar-refractivity contribution is 0.0157. The normalized spacial score (nSPS) is 24.0. The summed E-state index contributed by atoms with van der Waals surface area (Å²) in [7, 11) is 0. The highest BCUT2D eigenvalue weighted by Gasteiger charge is 2.30. The standard InChI is InChI=1S/C17H24N2O3/c1-12(2)22-13-7-9-19(11-13)17(20)18-15-8-10-21-16-6-4-3-5-14(15)16/h3-6,12-13,15H,7-11H2,1-2H3,(H,18,20)/t13-,15?/m1/s1. The Bertz CT molecular complexity index is 532. The minimum atomic E-state index is -0.00319. The van der Waals surface area contributed by atoms with Gasteiger partial charge in [-0.2, -0.15) is 0 Å². The Balaban J connectivity index is 1.59. The lowest BCUT2D eigenvalue weighted by Crippen LogP contribution is -2.42. The Morgan fingerprint density at radius 2 is 2.18 bits per heavy atom. The van der Waals surface area contributed by atoms with E-state index < -0.39 is 0 Å². The maximum atomic E-state index is 12.5. The van der Waals surface area contributed by atoms with Gasteiger partial charge in [0.25, 0.3) is 0 Å². The van der Waals surface area contributed by atoms with Gasteiger partial charge < -0.3 is 19.7 Å². The molecule has 5 nitrogen and oxygen atoms in total. The minimum Gasteiger partial charge on any atom is -0.493 e. The zero-order chi connectivity index (χ0) is 15.5. The average molecular weight is 304 g/mol. The van der Waals surface area contributed by atoms with Crippen LogP contribution in [0.5, 0.6) is 5.75 Å². The molecule has 1 aromatic carbocycles. The summed E-state index contributed by atoms with van der Waals surface area (Å²) in [6.45, 7) is 6.13. The summed E-state index contributed by atoms with van der Waals surface area (Å²) >= 11 is 0. The molecule has 0 spiro atoms. The quantitative estimate of drug-likeness (QED) is 0.934. The van der Waals surface area contributed by atoms with E-state index in [1.54, 1.807) is 0 Å². The van der Waals surface area contributed by atoms with Crippen LogP contribution in [0, 0.1) is 0 Å². The molecule has 5 heteroatoms. The topological polar surface area (TPSA) is 50.8 Å². The van der Waals surface area contributed by atoms with Crippen molar-refractivity contribution in [3.8, 4) is 5.75 Å². The van der Waals surface area contributed by atoms with Crippen LogP contribution in [0.4, 0.5) is 4.79 Å². The largest absolute Gasteiger partial charge is 0.493 e. The Morgan fingerprint density at radius 3 is 3.00 bits per heavy atom. The molecular weight excluding hydrogens is 280 g/mol. The average Bonchev–Trinajstić information content (AvgIpc) is 2.95. The number of fused-ring (bicyclic) bond motifs is 1. The Hall–Kier alpha value is -1.75. The molecule has 1 aromatic rings. The van der Waals surface area contributed by atoms with Crippen molar-refractivity contribution in [3.63, 3.8) is 0 Å². The number of amides is 2. The number of hydrogen-bond acceptors (Lipinski definition) is 3. The Labute approximate surface area is 131 Å². The molecule has 0 bridgehead atoms. The van der Waals surface area contributed by atoms with Gasteiger partial charge in [-0.05, 0) is 26.3 Å². The number of nitrogens with one attached hydrogen (secondary N) is 1.